The van der Waals surface area contributed by atoms with Gasteiger partial charge in [0.05, 0.1) is 0 Å². The molecule has 3 unspecified atom stereocenters. The number of piperazine rings is 1. The topological polar surface area (TPSA) is 32.5 Å². The summed E-state index contributed by atoms with van der Waals surface area (Å²) in [6.07, 6.45) is 0. The van der Waals surface area contributed by atoms with Gasteiger partial charge < -0.3 is 0 Å². The second-order valence-electron chi connectivity index (χ2n) is 8.44. The monoisotopic (exact) mass is 4310 g/mol. The Balaban J connectivity index is 2.97. The summed E-state index contributed by atoms with van der Waals surface area (Å²) in [5, 5.41) is 0. The second kappa shape index (κ2) is 32.8. The molecular formula is C15H14I32N3O-5. The normalized spacial score (nSPS) is 27.3. The van der Waals surface area contributed by atoms with E-state index in [1.54, 1.807) is 0 Å². The molecule has 0 spiro atoms. The molecule has 0 aliphatic carbocycles. The predicted octanol–water partition coefficient (Wildman–Crippen LogP) is 10.8. The van der Waals surface area contributed by atoms with Gasteiger partial charge in [0.15, 0.2) is 0 Å². The average Bonchev–Trinajstić information content (AvgIpc) is 3.54. The zero-order chi connectivity index (χ0) is 39.0. The van der Waals surface area contributed by atoms with Gasteiger partial charge in [-0.3, -0.25) is 0 Å². The molecule has 0 bridgehead atoms. The summed E-state index contributed by atoms with van der Waals surface area (Å²) in [5.41, 5.74) is 2.16. The van der Waals surface area contributed by atoms with Gasteiger partial charge in [0, 0.05) is 0 Å². The summed E-state index contributed by atoms with van der Waals surface area (Å²) < 4.78 is 8.86. The van der Waals surface area contributed by atoms with Gasteiger partial charge >= 0.3 is 585 Å². The number of fused-ring (bicyclic) bond motifs is 1. The van der Waals surface area contributed by atoms with E-state index in [1.165, 1.54) is 0 Å². The van der Waals surface area contributed by atoms with Crippen molar-refractivity contribution in [3.8, 4) is 0 Å². The number of aromatic nitrogens is 1. The molecular weight excluding hydrogens is 4300 g/mol. The van der Waals surface area contributed by atoms with Gasteiger partial charge in [-0.1, -0.05) is 0 Å². The number of nitrogens with zero attached hydrogens (tertiary/aromatic N) is 3. The van der Waals surface area contributed by atoms with Gasteiger partial charge in [-0.2, -0.15) is 0 Å². The molecule has 1 aliphatic rings. The molecule has 2 heterocycles. The van der Waals surface area contributed by atoms with E-state index in [0.29, 0.717) is 27.5 Å². The maximum atomic E-state index is 7.50. The first-order valence-electron chi connectivity index (χ1n) is 11.1. The molecule has 1 aromatic heterocycles. The quantitative estimate of drug-likeness (QED) is 0.0898. The molecule has 1 saturated heterocycles. The van der Waals surface area contributed by atoms with Gasteiger partial charge in [0.25, 0.3) is 0 Å². The Morgan fingerprint density at radius 2 is 1.24 bits per heavy atom. The maximum absolute atomic E-state index is 7.50. The molecule has 0 amide bonds. The van der Waals surface area contributed by atoms with Crippen molar-refractivity contribution in [3.05, 3.63) is 24.3 Å². The molecule has 1 aliphatic heterocycles. The third-order valence-corrected chi connectivity index (χ3v) is 987. The SMILES string of the molecule is CC(C)N1C([I-]I)([I-]I)C(I(I)I)(I(I)[I-]I)N(c2nc3ccccc3o2)C(I(I)I(I)I(I)I)(I(I)I(I)I(I)[I-]I)C1(C)I(I)I(I)[I-]I. The van der Waals surface area contributed by atoms with E-state index in [1.807, 2.05) is 0 Å². The first-order valence-corrected chi connectivity index (χ1v) is 176. The van der Waals surface area contributed by atoms with E-state index in [-0.39, 0.29) is 61.0 Å². The Bertz CT molecular complexity index is 1380. The van der Waals surface area contributed by atoms with Crippen LogP contribution in [-0.4, -0.2) is 24.1 Å². The number of alkyl halides is 7. The molecule has 51 heavy (non-hydrogen) atoms. The van der Waals surface area contributed by atoms with Gasteiger partial charge in [-0.15, -0.1) is 0 Å². The zero-order valence-corrected chi connectivity index (χ0v) is 92.3. The van der Waals surface area contributed by atoms with Crippen LogP contribution in [0, 0.1) is 0 Å². The van der Waals surface area contributed by atoms with Crippen LogP contribution >= 0.6 is 415 Å². The minimum absolute atomic E-state index is 0.105. The fourth-order valence-corrected chi connectivity index (χ4v) is 1320. The standard InChI is InChI=1S/C15H14I32N3O/c1-8(2)49-12(3,40(24)44(29)36-19)14(41(25)46(31)43(27)28,42(26)47(32)45(30)37-20)50(11-48-9-6-4-5-7-10(9)51-11)15(38(21)22,39(23)35-18)13(49,33-16)34-17/h4-8H,1-3H3/q-5. The van der Waals surface area contributed by atoms with E-state index in [0.717, 1.165) is 17.1 Å². The first kappa shape index (κ1) is 67.1. The summed E-state index contributed by atoms with van der Waals surface area (Å²) in [5.74, 6) is 0. The summed E-state index contributed by atoms with van der Waals surface area (Å²) >= 11 is 46.5. The number of hydrogen-bond donors (Lipinski definition) is 0. The fraction of sp³-hybridized carbons (Fsp3) is 0.533. The second-order valence-corrected chi connectivity index (χ2v) is 437. The van der Waals surface area contributed by atoms with Crippen LogP contribution < -0.4 is 79.1 Å². The molecule has 1 aromatic carbocycles. The molecule has 0 radical (unpaired) electrons. The van der Waals surface area contributed by atoms with E-state index in [2.05, 4.69) is 371 Å². The number of benzene rings is 1. The van der Waals surface area contributed by atoms with Gasteiger partial charge in [-0.05, 0) is 0 Å². The Labute approximate surface area is 559 Å². The van der Waals surface area contributed by atoms with E-state index >= 15 is 0 Å². The zero-order valence-electron chi connectivity index (χ0n) is 23.2. The van der Waals surface area contributed by atoms with Crippen molar-refractivity contribution in [2.75, 3.05) is 4.90 Å². The van der Waals surface area contributed by atoms with Crippen LogP contribution in [0.15, 0.2) is 28.7 Å². The molecule has 0 saturated carbocycles. The van der Waals surface area contributed by atoms with Gasteiger partial charge in [-0.25, -0.2) is 0 Å². The summed E-state index contributed by atoms with van der Waals surface area (Å²) in [6.45, 7) is 8.49. The summed E-state index contributed by atoms with van der Waals surface area (Å²) in [4.78, 5) is 13.0. The van der Waals surface area contributed by atoms with Crippen LogP contribution in [0.25, 0.3) is 11.1 Å². The number of oxazole rings is 1. The summed E-state index contributed by atoms with van der Waals surface area (Å²) in [7, 11) is -5.49. The first-order chi connectivity index (χ1) is 23.8. The molecule has 0 N–H and O–H groups in total. The van der Waals surface area contributed by atoms with Gasteiger partial charge in [0.1, 0.15) is 0 Å². The summed E-state index contributed by atoms with van der Waals surface area (Å²) in [6, 6.07) is 10.7. The van der Waals surface area contributed by atoms with Crippen molar-refractivity contribution >= 4 is 432 Å². The molecule has 2 aromatic rings. The van der Waals surface area contributed by atoms with Crippen molar-refractivity contribution in [1.82, 2.24) is 9.88 Å². The molecule has 1 fully saturated rings. The Morgan fingerprint density at radius 1 is 0.706 bits per heavy atom. The van der Waals surface area contributed by atoms with Crippen molar-refractivity contribution < 1.29 is 78.6 Å². The number of halogens is 32. The molecule has 3 rings (SSSR count). The van der Waals surface area contributed by atoms with Crippen molar-refractivity contribution in [3.63, 3.8) is 0 Å². The average molecular weight is 4310 g/mol. The van der Waals surface area contributed by atoms with Crippen molar-refractivity contribution in [2.45, 2.75) is 35.0 Å². The van der Waals surface area contributed by atoms with Crippen molar-refractivity contribution in [1.29, 1.82) is 0 Å². The molecule has 324 valence electrons. The Hall–Kier alpha value is 21.8. The minimum atomic E-state index is -1.64. The number of para-hydroxylation sites is 2. The Morgan fingerprint density at radius 3 is 1.67 bits per heavy atom. The number of anilines is 1. The molecule has 3 atom stereocenters. The van der Waals surface area contributed by atoms with Crippen LogP contribution in [0.2, 0.25) is 0 Å². The van der Waals surface area contributed by atoms with E-state index < -0.39 is 98.8 Å². The fourth-order valence-electron chi connectivity index (χ4n) is 4.55. The van der Waals surface area contributed by atoms with E-state index in [9.17, 15) is 0 Å². The van der Waals surface area contributed by atoms with E-state index in [4.69, 9.17) is 9.40 Å². The van der Waals surface area contributed by atoms with Gasteiger partial charge in [0.2, 0.25) is 0 Å². The number of hydrogen-bond acceptors (Lipinski definition) is 4. The molecule has 4 nitrogen and oxygen atoms in total. The Kier molecular flexibility index (Phi) is 43.1. The van der Waals surface area contributed by atoms with Crippen LogP contribution in [-0.2, 0) is 0 Å². The van der Waals surface area contributed by atoms with Crippen LogP contribution in [0.4, 0.5) is 6.01 Å². The third-order valence-electron chi connectivity index (χ3n) is 6.02. The molecule has 36 heteroatoms. The van der Waals surface area contributed by atoms with Crippen LogP contribution in [0.1, 0.15) is 20.8 Å². The van der Waals surface area contributed by atoms with Crippen LogP contribution in [0.3, 0.4) is 0 Å². The third kappa shape index (κ3) is 15.0. The van der Waals surface area contributed by atoms with Crippen LogP contribution in [0.5, 0.6) is 0 Å². The van der Waals surface area contributed by atoms with Crippen molar-refractivity contribution in [2.24, 2.45) is 0 Å². The predicted molar refractivity (Wildman–Crippen MR) is 449 cm³/mol. The number of rotatable bonds is 17.